The van der Waals surface area contributed by atoms with Gasteiger partial charge >= 0.3 is 5.97 Å². The van der Waals surface area contributed by atoms with Crippen molar-refractivity contribution in [1.82, 2.24) is 0 Å². The number of esters is 1. The molecule has 0 radical (unpaired) electrons. The molecule has 162 valence electrons. The second-order valence-electron chi connectivity index (χ2n) is 8.79. The Morgan fingerprint density at radius 3 is 2.22 bits per heavy atom. The van der Waals surface area contributed by atoms with E-state index in [1.807, 2.05) is 75.4 Å². The van der Waals surface area contributed by atoms with E-state index >= 15 is 0 Å². The zero-order valence-electron chi connectivity index (χ0n) is 18.3. The Kier molecular flexibility index (Phi) is 5.82. The van der Waals surface area contributed by atoms with Gasteiger partial charge in [0, 0.05) is 6.07 Å². The van der Waals surface area contributed by atoms with Crippen LogP contribution in [0.2, 0.25) is 0 Å². The van der Waals surface area contributed by atoms with Crippen LogP contribution in [-0.2, 0) is 4.79 Å². The standard InChI is InChI=1S/C27H24O5/c1-27(2,3)16-25(28)32-21-13-14-22-23(15-21)30-17-24(26(22)29)31-20-11-9-19(10-12-20)18-7-5-4-6-8-18/h4-15,17H,16H2,1-3H3. The zero-order chi connectivity index (χ0) is 22.7. The lowest BCUT2D eigenvalue weighted by Crippen LogP contribution is -2.17. The van der Waals surface area contributed by atoms with Gasteiger partial charge in [-0.3, -0.25) is 9.59 Å². The van der Waals surface area contributed by atoms with Crippen molar-refractivity contribution in [2.75, 3.05) is 0 Å². The van der Waals surface area contributed by atoms with Crippen molar-refractivity contribution in [3.8, 4) is 28.4 Å². The Hall–Kier alpha value is -3.86. The average molecular weight is 428 g/mol. The maximum absolute atomic E-state index is 12.8. The molecule has 0 unspecified atom stereocenters. The van der Waals surface area contributed by atoms with Gasteiger partial charge in [-0.25, -0.2) is 0 Å². The van der Waals surface area contributed by atoms with Crippen molar-refractivity contribution in [2.45, 2.75) is 27.2 Å². The molecular formula is C27H24O5. The Labute approximate surface area is 186 Å². The molecule has 3 aromatic carbocycles. The maximum atomic E-state index is 12.8. The van der Waals surface area contributed by atoms with E-state index in [1.54, 1.807) is 12.1 Å². The number of rotatable bonds is 5. The number of carbonyl (C=O) groups is 1. The molecule has 0 bridgehead atoms. The summed E-state index contributed by atoms with van der Waals surface area (Å²) in [6, 6.07) is 22.2. The summed E-state index contributed by atoms with van der Waals surface area (Å²) < 4.78 is 16.7. The molecule has 0 aliphatic rings. The summed E-state index contributed by atoms with van der Waals surface area (Å²) in [6.45, 7) is 5.89. The molecule has 4 aromatic rings. The van der Waals surface area contributed by atoms with Crippen LogP contribution in [-0.4, -0.2) is 5.97 Å². The normalized spacial score (nSPS) is 11.3. The van der Waals surface area contributed by atoms with E-state index in [-0.39, 0.29) is 29.0 Å². The van der Waals surface area contributed by atoms with Gasteiger partial charge in [0.05, 0.1) is 11.8 Å². The van der Waals surface area contributed by atoms with E-state index in [0.29, 0.717) is 22.5 Å². The largest absolute Gasteiger partial charge is 0.460 e. The molecule has 0 amide bonds. The van der Waals surface area contributed by atoms with Gasteiger partial charge in [-0.05, 0) is 40.8 Å². The van der Waals surface area contributed by atoms with Crippen molar-refractivity contribution < 1.29 is 18.7 Å². The first-order valence-electron chi connectivity index (χ1n) is 10.4. The van der Waals surface area contributed by atoms with Gasteiger partial charge in [-0.2, -0.15) is 0 Å². The third-order valence-electron chi connectivity index (χ3n) is 4.81. The lowest BCUT2D eigenvalue weighted by atomic mass is 9.92. The summed E-state index contributed by atoms with van der Waals surface area (Å²) in [4.78, 5) is 24.9. The molecule has 5 nitrogen and oxygen atoms in total. The highest BCUT2D eigenvalue weighted by Gasteiger charge is 2.18. The Morgan fingerprint density at radius 2 is 1.53 bits per heavy atom. The van der Waals surface area contributed by atoms with Crippen molar-refractivity contribution in [2.24, 2.45) is 5.41 Å². The second-order valence-corrected chi connectivity index (χ2v) is 8.79. The van der Waals surface area contributed by atoms with E-state index in [1.165, 1.54) is 12.3 Å². The molecule has 4 rings (SSSR count). The summed E-state index contributed by atoms with van der Waals surface area (Å²) in [5.74, 6) is 0.615. The predicted molar refractivity (Wildman–Crippen MR) is 124 cm³/mol. The summed E-state index contributed by atoms with van der Waals surface area (Å²) in [6.07, 6.45) is 1.56. The van der Waals surface area contributed by atoms with Crippen LogP contribution in [0.15, 0.2) is 88.3 Å². The molecule has 0 saturated carbocycles. The number of ether oxygens (including phenoxy) is 2. The SMILES string of the molecule is CC(C)(C)CC(=O)Oc1ccc2c(=O)c(Oc3ccc(-c4ccccc4)cc3)coc2c1. The first-order chi connectivity index (χ1) is 15.3. The monoisotopic (exact) mass is 428 g/mol. The van der Waals surface area contributed by atoms with Gasteiger partial charge in [-0.15, -0.1) is 0 Å². The minimum absolute atomic E-state index is 0.0856. The average Bonchev–Trinajstić information content (AvgIpc) is 2.75. The molecule has 1 heterocycles. The topological polar surface area (TPSA) is 65.7 Å². The van der Waals surface area contributed by atoms with Crippen LogP contribution in [0.4, 0.5) is 0 Å². The number of carbonyl (C=O) groups excluding carboxylic acids is 1. The summed E-state index contributed by atoms with van der Waals surface area (Å²) in [7, 11) is 0. The van der Waals surface area contributed by atoms with E-state index < -0.39 is 0 Å². The van der Waals surface area contributed by atoms with Crippen LogP contribution >= 0.6 is 0 Å². The van der Waals surface area contributed by atoms with Crippen LogP contribution < -0.4 is 14.9 Å². The number of fused-ring (bicyclic) bond motifs is 1. The molecule has 0 fully saturated rings. The minimum Gasteiger partial charge on any atom is -0.460 e. The van der Waals surface area contributed by atoms with Crippen LogP contribution in [0.1, 0.15) is 27.2 Å². The molecule has 0 aliphatic heterocycles. The first kappa shape index (κ1) is 21.4. The maximum Gasteiger partial charge on any atom is 0.311 e. The fourth-order valence-corrected chi connectivity index (χ4v) is 3.30. The van der Waals surface area contributed by atoms with Crippen molar-refractivity contribution >= 4 is 16.9 Å². The Morgan fingerprint density at radius 1 is 0.875 bits per heavy atom. The Bertz CT molecular complexity index is 1300. The van der Waals surface area contributed by atoms with E-state index in [2.05, 4.69) is 0 Å². The molecule has 32 heavy (non-hydrogen) atoms. The van der Waals surface area contributed by atoms with Crippen LogP contribution in [0.5, 0.6) is 17.2 Å². The molecule has 0 saturated heterocycles. The third kappa shape index (κ3) is 5.06. The molecule has 1 aromatic heterocycles. The Balaban J connectivity index is 1.52. The summed E-state index contributed by atoms with van der Waals surface area (Å²) in [5, 5.41) is 0.346. The molecule has 0 aliphatic carbocycles. The minimum atomic E-state index is -0.335. The van der Waals surface area contributed by atoms with E-state index in [4.69, 9.17) is 13.9 Å². The van der Waals surface area contributed by atoms with Crippen LogP contribution in [0, 0.1) is 5.41 Å². The lowest BCUT2D eigenvalue weighted by Gasteiger charge is -2.16. The number of hydrogen-bond acceptors (Lipinski definition) is 5. The number of benzene rings is 3. The lowest BCUT2D eigenvalue weighted by molar-refractivity contribution is -0.136. The van der Waals surface area contributed by atoms with E-state index in [0.717, 1.165) is 11.1 Å². The highest BCUT2D eigenvalue weighted by molar-refractivity contribution is 5.81. The van der Waals surface area contributed by atoms with Gasteiger partial charge in [0.1, 0.15) is 23.3 Å². The molecule has 0 atom stereocenters. The fraction of sp³-hybridized carbons (Fsp3) is 0.185. The summed E-state index contributed by atoms with van der Waals surface area (Å²) in [5.41, 5.74) is 2.00. The highest BCUT2D eigenvalue weighted by atomic mass is 16.5. The fourth-order valence-electron chi connectivity index (χ4n) is 3.30. The number of hydrogen-bond donors (Lipinski definition) is 0. The van der Waals surface area contributed by atoms with E-state index in [9.17, 15) is 9.59 Å². The predicted octanol–water partition coefficient (Wildman–Crippen LogP) is 6.59. The molecule has 0 spiro atoms. The van der Waals surface area contributed by atoms with Gasteiger partial charge in [-0.1, -0.05) is 63.2 Å². The first-order valence-corrected chi connectivity index (χ1v) is 10.4. The van der Waals surface area contributed by atoms with Gasteiger partial charge < -0.3 is 13.9 Å². The summed E-state index contributed by atoms with van der Waals surface area (Å²) >= 11 is 0. The van der Waals surface area contributed by atoms with Crippen molar-refractivity contribution in [1.29, 1.82) is 0 Å². The highest BCUT2D eigenvalue weighted by Crippen LogP contribution is 2.27. The van der Waals surface area contributed by atoms with Crippen molar-refractivity contribution in [3.05, 3.63) is 89.3 Å². The molecular weight excluding hydrogens is 404 g/mol. The smallest absolute Gasteiger partial charge is 0.311 e. The third-order valence-corrected chi connectivity index (χ3v) is 4.81. The van der Waals surface area contributed by atoms with Gasteiger partial charge in [0.25, 0.3) is 0 Å². The molecule has 5 heteroatoms. The zero-order valence-corrected chi connectivity index (χ0v) is 18.3. The van der Waals surface area contributed by atoms with Crippen LogP contribution in [0.25, 0.3) is 22.1 Å². The quantitative estimate of drug-likeness (QED) is 0.265. The van der Waals surface area contributed by atoms with Crippen molar-refractivity contribution in [3.63, 3.8) is 0 Å². The van der Waals surface area contributed by atoms with Crippen LogP contribution in [0.3, 0.4) is 0 Å². The second kappa shape index (κ2) is 8.71. The molecule has 0 N–H and O–H groups in total. The van der Waals surface area contributed by atoms with Gasteiger partial charge in [0.2, 0.25) is 11.2 Å². The van der Waals surface area contributed by atoms with Gasteiger partial charge in [0.15, 0.2) is 0 Å².